The molecule has 0 radical (unpaired) electrons. The van der Waals surface area contributed by atoms with Crippen molar-refractivity contribution in [3.05, 3.63) is 29.3 Å². The second-order valence-corrected chi connectivity index (χ2v) is 6.46. The van der Waals surface area contributed by atoms with Crippen LogP contribution >= 0.6 is 0 Å². The molecule has 0 aliphatic rings. The van der Waals surface area contributed by atoms with Crippen LogP contribution in [0, 0.1) is 18.3 Å². The number of aliphatic carboxylic acids is 1. The zero-order valence-corrected chi connectivity index (χ0v) is 12.6. The molecule has 1 rings (SSSR count). The normalized spacial score (nSPS) is 11.0. The van der Waals surface area contributed by atoms with E-state index in [2.05, 4.69) is 4.72 Å². The molecule has 0 aromatic heterocycles. The highest BCUT2D eigenvalue weighted by Gasteiger charge is 2.14. The molecule has 114 valence electrons. The van der Waals surface area contributed by atoms with Crippen LogP contribution in [-0.2, 0) is 14.8 Å². The fourth-order valence-corrected chi connectivity index (χ4v) is 2.96. The van der Waals surface area contributed by atoms with Crippen molar-refractivity contribution < 1.29 is 18.3 Å². The van der Waals surface area contributed by atoms with Gasteiger partial charge >= 0.3 is 5.97 Å². The first-order valence-electron chi connectivity index (χ1n) is 6.59. The van der Waals surface area contributed by atoms with Gasteiger partial charge in [0.1, 0.15) is 0 Å². The predicted octanol–water partition coefficient (Wildman–Crippen LogP) is 1.79. The lowest BCUT2D eigenvalue weighted by atomic mass is 10.1. The van der Waals surface area contributed by atoms with Crippen LogP contribution in [0.25, 0.3) is 0 Å². The average Bonchev–Trinajstić information content (AvgIpc) is 2.42. The summed E-state index contributed by atoms with van der Waals surface area (Å²) in [6, 6.07) is 6.33. The lowest BCUT2D eigenvalue weighted by Crippen LogP contribution is -2.25. The monoisotopic (exact) mass is 310 g/mol. The largest absolute Gasteiger partial charge is 0.481 e. The molecule has 0 bridgehead atoms. The number of hydrogen-bond donors (Lipinski definition) is 2. The molecule has 1 aromatic carbocycles. The molecule has 0 fully saturated rings. The summed E-state index contributed by atoms with van der Waals surface area (Å²) >= 11 is 0. The van der Waals surface area contributed by atoms with Gasteiger partial charge in [-0.2, -0.15) is 5.26 Å². The first-order chi connectivity index (χ1) is 9.86. The molecule has 21 heavy (non-hydrogen) atoms. The van der Waals surface area contributed by atoms with E-state index in [9.17, 15) is 13.2 Å². The van der Waals surface area contributed by atoms with E-state index in [4.69, 9.17) is 10.4 Å². The van der Waals surface area contributed by atoms with Gasteiger partial charge in [-0.25, -0.2) is 13.1 Å². The van der Waals surface area contributed by atoms with Crippen molar-refractivity contribution in [3.8, 4) is 6.07 Å². The van der Waals surface area contributed by atoms with Gasteiger partial charge in [0.15, 0.2) is 0 Å². The number of aryl methyl sites for hydroxylation is 1. The minimum absolute atomic E-state index is 0.0988. The highest BCUT2D eigenvalue weighted by atomic mass is 32.2. The van der Waals surface area contributed by atoms with Gasteiger partial charge in [0, 0.05) is 13.0 Å². The molecule has 1 aromatic rings. The Morgan fingerprint density at radius 1 is 1.33 bits per heavy atom. The van der Waals surface area contributed by atoms with Crippen LogP contribution in [0.15, 0.2) is 23.1 Å². The van der Waals surface area contributed by atoms with Crippen LogP contribution < -0.4 is 4.72 Å². The van der Waals surface area contributed by atoms with Crippen molar-refractivity contribution in [2.75, 3.05) is 6.54 Å². The van der Waals surface area contributed by atoms with E-state index in [0.717, 1.165) is 0 Å². The summed E-state index contributed by atoms with van der Waals surface area (Å²) < 4.78 is 26.5. The first kappa shape index (κ1) is 17.1. The Balaban J connectivity index is 2.52. The van der Waals surface area contributed by atoms with Crippen molar-refractivity contribution >= 4 is 16.0 Å². The van der Waals surface area contributed by atoms with E-state index in [-0.39, 0.29) is 17.9 Å². The summed E-state index contributed by atoms with van der Waals surface area (Å²) in [5.74, 6) is -0.844. The van der Waals surface area contributed by atoms with Gasteiger partial charge in [0.2, 0.25) is 10.0 Å². The fourth-order valence-electron chi connectivity index (χ4n) is 1.80. The van der Waals surface area contributed by atoms with Crippen LogP contribution in [0.3, 0.4) is 0 Å². The third-order valence-corrected chi connectivity index (χ3v) is 4.45. The number of unbranched alkanes of at least 4 members (excludes halogenated alkanes) is 2. The van der Waals surface area contributed by atoms with Crippen LogP contribution in [0.4, 0.5) is 0 Å². The Labute approximate surface area is 124 Å². The first-order valence-corrected chi connectivity index (χ1v) is 8.07. The van der Waals surface area contributed by atoms with Gasteiger partial charge in [-0.05, 0) is 43.5 Å². The molecule has 0 aliphatic carbocycles. The predicted molar refractivity (Wildman–Crippen MR) is 77.2 cm³/mol. The zero-order valence-electron chi connectivity index (χ0n) is 11.8. The van der Waals surface area contributed by atoms with E-state index < -0.39 is 16.0 Å². The van der Waals surface area contributed by atoms with Crippen LogP contribution in [0.5, 0.6) is 0 Å². The van der Waals surface area contributed by atoms with Gasteiger partial charge in [-0.15, -0.1) is 0 Å². The molecular formula is C14H18N2O4S. The minimum Gasteiger partial charge on any atom is -0.481 e. The Morgan fingerprint density at radius 2 is 2.05 bits per heavy atom. The molecule has 2 N–H and O–H groups in total. The maximum Gasteiger partial charge on any atom is 0.303 e. The highest BCUT2D eigenvalue weighted by Crippen LogP contribution is 2.14. The number of rotatable bonds is 8. The summed E-state index contributed by atoms with van der Waals surface area (Å²) in [5, 5.41) is 17.3. The second kappa shape index (κ2) is 7.76. The number of carbonyl (C=O) groups is 1. The lowest BCUT2D eigenvalue weighted by molar-refractivity contribution is -0.137. The molecule has 7 heteroatoms. The molecule has 0 spiro atoms. The maximum absolute atomic E-state index is 12.0. The van der Waals surface area contributed by atoms with Crippen molar-refractivity contribution in [2.24, 2.45) is 0 Å². The summed E-state index contributed by atoms with van der Waals surface area (Å²) in [4.78, 5) is 10.5. The highest BCUT2D eigenvalue weighted by molar-refractivity contribution is 7.89. The van der Waals surface area contributed by atoms with Crippen LogP contribution in [-0.4, -0.2) is 26.0 Å². The zero-order chi connectivity index (χ0) is 15.9. The number of nitrogens with zero attached hydrogens (tertiary/aromatic N) is 1. The topological polar surface area (TPSA) is 107 Å². The molecule has 0 unspecified atom stereocenters. The van der Waals surface area contributed by atoms with Crippen molar-refractivity contribution in [1.29, 1.82) is 5.26 Å². The minimum atomic E-state index is -3.59. The van der Waals surface area contributed by atoms with E-state index in [1.54, 1.807) is 6.92 Å². The number of nitrogens with one attached hydrogen (secondary N) is 1. The number of sulfonamides is 1. The Morgan fingerprint density at radius 3 is 2.62 bits per heavy atom. The van der Waals surface area contributed by atoms with Crippen LogP contribution in [0.2, 0.25) is 0 Å². The SMILES string of the molecule is Cc1cc(S(=O)(=O)NCCCCCC(=O)O)ccc1C#N. The molecule has 6 nitrogen and oxygen atoms in total. The van der Waals surface area contributed by atoms with E-state index >= 15 is 0 Å². The second-order valence-electron chi connectivity index (χ2n) is 4.69. The van der Waals surface area contributed by atoms with Gasteiger partial charge < -0.3 is 5.11 Å². The summed E-state index contributed by atoms with van der Waals surface area (Å²) in [6.07, 6.45) is 1.87. The van der Waals surface area contributed by atoms with Gasteiger partial charge in [-0.3, -0.25) is 4.79 Å². The van der Waals surface area contributed by atoms with Crippen molar-refractivity contribution in [2.45, 2.75) is 37.5 Å². The van der Waals surface area contributed by atoms with E-state index in [0.29, 0.717) is 30.4 Å². The summed E-state index contributed by atoms with van der Waals surface area (Å²) in [7, 11) is -3.59. The lowest BCUT2D eigenvalue weighted by Gasteiger charge is -2.08. The quantitative estimate of drug-likeness (QED) is 0.712. The maximum atomic E-state index is 12.0. The molecule has 0 atom stereocenters. The van der Waals surface area contributed by atoms with Crippen LogP contribution in [0.1, 0.15) is 36.8 Å². The standard InChI is InChI=1S/C14H18N2O4S/c1-11-9-13(7-6-12(11)10-15)21(19,20)16-8-4-2-3-5-14(17)18/h6-7,9,16H,2-5,8H2,1H3,(H,17,18). The van der Waals surface area contributed by atoms with Gasteiger partial charge in [0.25, 0.3) is 0 Å². The third-order valence-electron chi connectivity index (χ3n) is 2.99. The fraction of sp³-hybridized carbons (Fsp3) is 0.429. The molecule has 0 aliphatic heterocycles. The van der Waals surface area contributed by atoms with Gasteiger partial charge in [0.05, 0.1) is 16.5 Å². The number of benzene rings is 1. The number of carboxylic acid groups (broad SMARTS) is 1. The summed E-state index contributed by atoms with van der Waals surface area (Å²) in [5.41, 5.74) is 1.06. The summed E-state index contributed by atoms with van der Waals surface area (Å²) in [6.45, 7) is 1.95. The molecule has 0 saturated heterocycles. The Kier molecular flexibility index (Phi) is 6.34. The van der Waals surface area contributed by atoms with E-state index in [1.165, 1.54) is 18.2 Å². The van der Waals surface area contributed by atoms with Crippen molar-refractivity contribution in [3.63, 3.8) is 0 Å². The van der Waals surface area contributed by atoms with E-state index in [1.807, 2.05) is 6.07 Å². The smallest absolute Gasteiger partial charge is 0.303 e. The Bertz CT molecular complexity index is 647. The molecule has 0 heterocycles. The average molecular weight is 310 g/mol. The number of carboxylic acids is 1. The van der Waals surface area contributed by atoms with Gasteiger partial charge in [-0.1, -0.05) is 6.42 Å². The third kappa shape index (κ3) is 5.53. The molecular weight excluding hydrogens is 292 g/mol. The number of nitriles is 1. The Hall–Kier alpha value is -1.91. The number of hydrogen-bond acceptors (Lipinski definition) is 4. The van der Waals surface area contributed by atoms with Crippen molar-refractivity contribution in [1.82, 2.24) is 4.72 Å². The molecule has 0 amide bonds. The molecule has 0 saturated carbocycles.